The highest BCUT2D eigenvalue weighted by atomic mass is 16.5. The van der Waals surface area contributed by atoms with Gasteiger partial charge in [-0.2, -0.15) is 0 Å². The molecule has 0 atom stereocenters. The summed E-state index contributed by atoms with van der Waals surface area (Å²) in [6.45, 7) is -0.107. The second-order valence-corrected chi connectivity index (χ2v) is 3.24. The van der Waals surface area contributed by atoms with E-state index in [1.54, 1.807) is 0 Å². The molecule has 0 saturated carbocycles. The number of hydrogen-bond donors (Lipinski definition) is 1. The number of likely N-dealkylation sites (N-methyl/N-ethyl adjacent to an activating group) is 1. The molecule has 16 heavy (non-hydrogen) atoms. The van der Waals surface area contributed by atoms with Gasteiger partial charge in [-0.15, -0.1) is 0 Å². The van der Waals surface area contributed by atoms with Gasteiger partial charge in [-0.3, -0.25) is 14.6 Å². The van der Waals surface area contributed by atoms with Crippen molar-refractivity contribution in [1.82, 2.24) is 9.88 Å². The number of ether oxygens (including phenoxy) is 1. The predicted molar refractivity (Wildman–Crippen MR) is 57.6 cm³/mol. The third-order valence-corrected chi connectivity index (χ3v) is 1.95. The highest BCUT2D eigenvalue weighted by Crippen LogP contribution is 2.06. The fourth-order valence-corrected chi connectivity index (χ4v) is 1.13. The topological polar surface area (TPSA) is 85.5 Å². The van der Waals surface area contributed by atoms with Crippen molar-refractivity contribution in [2.75, 3.05) is 26.4 Å². The first-order chi connectivity index (χ1) is 7.54. The van der Waals surface area contributed by atoms with Crippen LogP contribution < -0.4 is 5.73 Å². The third-order valence-electron chi connectivity index (χ3n) is 1.95. The Balaban J connectivity index is 2.74. The maximum Gasteiger partial charge on any atom is 0.325 e. The van der Waals surface area contributed by atoms with Gasteiger partial charge in [0.25, 0.3) is 5.91 Å². The van der Waals surface area contributed by atoms with Gasteiger partial charge in [0.05, 0.1) is 18.4 Å². The smallest absolute Gasteiger partial charge is 0.325 e. The van der Waals surface area contributed by atoms with Crippen LogP contribution in [-0.2, 0) is 9.53 Å². The summed E-state index contributed by atoms with van der Waals surface area (Å²) in [6.07, 6.45) is 2.84. The van der Waals surface area contributed by atoms with E-state index in [1.807, 2.05) is 0 Å². The molecule has 1 aromatic rings. The van der Waals surface area contributed by atoms with Gasteiger partial charge >= 0.3 is 5.97 Å². The van der Waals surface area contributed by atoms with Crippen LogP contribution in [0.3, 0.4) is 0 Å². The van der Waals surface area contributed by atoms with Gasteiger partial charge in [0.2, 0.25) is 0 Å². The zero-order valence-electron chi connectivity index (χ0n) is 9.14. The van der Waals surface area contributed by atoms with E-state index in [1.165, 1.54) is 37.5 Å². The number of amides is 1. The monoisotopic (exact) mass is 223 g/mol. The lowest BCUT2D eigenvalue weighted by Gasteiger charge is -2.15. The molecule has 0 spiro atoms. The maximum atomic E-state index is 11.8. The van der Waals surface area contributed by atoms with E-state index in [4.69, 9.17) is 5.73 Å². The van der Waals surface area contributed by atoms with Gasteiger partial charge < -0.3 is 15.4 Å². The number of aromatic nitrogens is 1. The molecule has 1 amide bonds. The van der Waals surface area contributed by atoms with Gasteiger partial charge in [-0.25, -0.2) is 0 Å². The average molecular weight is 223 g/mol. The molecule has 0 radical (unpaired) electrons. The predicted octanol–water partition coefficient (Wildman–Crippen LogP) is -0.0912. The van der Waals surface area contributed by atoms with Crippen LogP contribution in [0, 0.1) is 0 Å². The fraction of sp³-hybridized carbons (Fsp3) is 0.300. The van der Waals surface area contributed by atoms with Crippen molar-refractivity contribution >= 4 is 17.6 Å². The number of hydrogen-bond acceptors (Lipinski definition) is 5. The molecule has 0 aliphatic rings. The summed E-state index contributed by atoms with van der Waals surface area (Å²) in [5.74, 6) is -0.807. The summed E-state index contributed by atoms with van der Waals surface area (Å²) < 4.78 is 4.46. The van der Waals surface area contributed by atoms with E-state index in [2.05, 4.69) is 9.72 Å². The standard InChI is InChI=1S/C10H13N3O3/c1-13(6-9(14)16-2)10(15)7-3-8(11)5-12-4-7/h3-5H,6,11H2,1-2H3. The summed E-state index contributed by atoms with van der Waals surface area (Å²) in [5, 5.41) is 0. The molecule has 1 aromatic heterocycles. The molecular weight excluding hydrogens is 210 g/mol. The lowest BCUT2D eigenvalue weighted by molar-refractivity contribution is -0.141. The van der Waals surface area contributed by atoms with Crippen molar-refractivity contribution in [3.8, 4) is 0 Å². The number of rotatable bonds is 3. The highest BCUT2D eigenvalue weighted by Gasteiger charge is 2.15. The lowest BCUT2D eigenvalue weighted by atomic mass is 10.2. The van der Waals surface area contributed by atoms with E-state index in [0.717, 1.165) is 0 Å². The second-order valence-electron chi connectivity index (χ2n) is 3.24. The molecule has 0 unspecified atom stereocenters. The number of anilines is 1. The summed E-state index contributed by atoms with van der Waals surface area (Å²) >= 11 is 0. The average Bonchev–Trinajstić information content (AvgIpc) is 2.27. The van der Waals surface area contributed by atoms with Crippen LogP contribution in [0.2, 0.25) is 0 Å². The largest absolute Gasteiger partial charge is 0.468 e. The molecule has 0 bridgehead atoms. The quantitative estimate of drug-likeness (QED) is 0.724. The lowest BCUT2D eigenvalue weighted by Crippen LogP contribution is -2.32. The summed E-state index contributed by atoms with van der Waals surface area (Å²) in [6, 6.07) is 1.50. The van der Waals surface area contributed by atoms with Crippen molar-refractivity contribution in [3.63, 3.8) is 0 Å². The Kier molecular flexibility index (Phi) is 3.82. The Morgan fingerprint density at radius 3 is 2.75 bits per heavy atom. The van der Waals surface area contributed by atoms with Crippen molar-refractivity contribution < 1.29 is 14.3 Å². The fourth-order valence-electron chi connectivity index (χ4n) is 1.13. The molecule has 1 rings (SSSR count). The molecule has 0 aliphatic carbocycles. The Labute approximate surface area is 93.0 Å². The number of nitrogens with two attached hydrogens (primary N) is 1. The minimum Gasteiger partial charge on any atom is -0.468 e. The highest BCUT2D eigenvalue weighted by molar-refractivity contribution is 5.96. The van der Waals surface area contributed by atoms with Crippen molar-refractivity contribution in [2.45, 2.75) is 0 Å². The maximum absolute atomic E-state index is 11.8. The minimum atomic E-state index is -0.479. The molecule has 1 heterocycles. The van der Waals surface area contributed by atoms with Crippen LogP contribution in [0.15, 0.2) is 18.5 Å². The Morgan fingerprint density at radius 2 is 2.19 bits per heavy atom. The molecule has 0 aromatic carbocycles. The van der Waals surface area contributed by atoms with Crippen LogP contribution >= 0.6 is 0 Å². The van der Waals surface area contributed by atoms with E-state index in [9.17, 15) is 9.59 Å². The van der Waals surface area contributed by atoms with E-state index in [0.29, 0.717) is 11.3 Å². The molecule has 6 nitrogen and oxygen atoms in total. The number of methoxy groups -OCH3 is 1. The first-order valence-corrected chi connectivity index (χ1v) is 4.57. The van der Waals surface area contributed by atoms with Crippen LogP contribution in [0.1, 0.15) is 10.4 Å². The Hall–Kier alpha value is -2.11. The zero-order chi connectivity index (χ0) is 12.1. The molecule has 0 fully saturated rings. The van der Waals surface area contributed by atoms with Crippen LogP contribution in [-0.4, -0.2) is 42.5 Å². The summed E-state index contributed by atoms with van der Waals surface area (Å²) in [5.41, 5.74) is 6.24. The van der Waals surface area contributed by atoms with Gasteiger partial charge in [-0.1, -0.05) is 0 Å². The van der Waals surface area contributed by atoms with Crippen molar-refractivity contribution in [2.24, 2.45) is 0 Å². The molecule has 86 valence electrons. The Bertz CT molecular complexity index is 406. The van der Waals surface area contributed by atoms with Crippen LogP contribution in [0.4, 0.5) is 5.69 Å². The number of esters is 1. The van der Waals surface area contributed by atoms with Crippen LogP contribution in [0.25, 0.3) is 0 Å². The molecule has 6 heteroatoms. The number of nitrogens with zero attached hydrogens (tertiary/aromatic N) is 2. The SMILES string of the molecule is COC(=O)CN(C)C(=O)c1cncc(N)c1. The zero-order valence-corrected chi connectivity index (χ0v) is 9.14. The van der Waals surface area contributed by atoms with Crippen molar-refractivity contribution in [1.29, 1.82) is 0 Å². The first kappa shape index (κ1) is 12.0. The number of nitrogen functional groups attached to an aromatic ring is 1. The van der Waals surface area contributed by atoms with E-state index < -0.39 is 5.97 Å². The molecule has 0 aliphatic heterocycles. The summed E-state index contributed by atoms with van der Waals surface area (Å²) in [7, 11) is 2.77. The van der Waals surface area contributed by atoms with E-state index in [-0.39, 0.29) is 12.5 Å². The second kappa shape index (κ2) is 5.11. The normalized spacial score (nSPS) is 9.62. The Morgan fingerprint density at radius 1 is 1.50 bits per heavy atom. The third kappa shape index (κ3) is 2.94. The van der Waals surface area contributed by atoms with Gasteiger partial charge in [0.1, 0.15) is 6.54 Å². The summed E-state index contributed by atoms with van der Waals surface area (Å²) in [4.78, 5) is 27.8. The number of carbonyl (C=O) groups is 2. The number of carbonyl (C=O) groups excluding carboxylic acids is 2. The first-order valence-electron chi connectivity index (χ1n) is 4.57. The van der Waals surface area contributed by atoms with E-state index >= 15 is 0 Å². The van der Waals surface area contributed by atoms with Gasteiger partial charge in [0.15, 0.2) is 0 Å². The number of pyridine rings is 1. The molecule has 2 N–H and O–H groups in total. The van der Waals surface area contributed by atoms with Crippen molar-refractivity contribution in [3.05, 3.63) is 24.0 Å². The van der Waals surface area contributed by atoms with Gasteiger partial charge in [-0.05, 0) is 6.07 Å². The van der Waals surface area contributed by atoms with Crippen LogP contribution in [0.5, 0.6) is 0 Å². The van der Waals surface area contributed by atoms with Gasteiger partial charge in [0, 0.05) is 19.4 Å². The minimum absolute atomic E-state index is 0.107. The molecular formula is C10H13N3O3. The molecule has 0 saturated heterocycles.